The molecule has 5 nitrogen and oxygen atoms in total. The first-order chi connectivity index (χ1) is 5.92. The highest BCUT2D eigenvalue weighted by Crippen LogP contribution is 2.25. The van der Waals surface area contributed by atoms with E-state index < -0.39 is 5.54 Å². The molecule has 0 unspecified atom stereocenters. The van der Waals surface area contributed by atoms with Crippen molar-refractivity contribution < 1.29 is 14.3 Å². The fourth-order valence-corrected chi connectivity index (χ4v) is 1.22. The molecule has 0 N–H and O–H groups in total. The Hall–Kier alpha value is -1.10. The highest BCUT2D eigenvalue weighted by atomic mass is 16.5. The Kier molecular flexibility index (Phi) is 2.30. The van der Waals surface area contributed by atoms with Gasteiger partial charge in [-0.2, -0.15) is 0 Å². The van der Waals surface area contributed by atoms with E-state index in [9.17, 15) is 9.59 Å². The Morgan fingerprint density at radius 3 is 2.23 bits per heavy atom. The maximum absolute atomic E-state index is 11.6. The molecular weight excluding hydrogens is 172 g/mol. The van der Waals surface area contributed by atoms with Gasteiger partial charge >= 0.3 is 6.03 Å². The third-order valence-corrected chi connectivity index (χ3v) is 2.38. The Bertz CT molecular complexity index is 250. The second-order valence-electron chi connectivity index (χ2n) is 3.55. The first-order valence-corrected chi connectivity index (χ1v) is 4.01. The molecule has 0 aromatic heterocycles. The molecule has 13 heavy (non-hydrogen) atoms. The Balaban J connectivity index is 2.92. The molecular formula is C8H14N2O3. The molecule has 0 saturated carbocycles. The minimum atomic E-state index is -0.754. The number of amides is 3. The number of rotatable bonds is 2. The maximum Gasteiger partial charge on any atom is 0.329 e. The summed E-state index contributed by atoms with van der Waals surface area (Å²) in [7, 11) is 3.06. The zero-order chi connectivity index (χ0) is 10.2. The fraction of sp³-hybridized carbons (Fsp3) is 0.750. The molecule has 0 bridgehead atoms. The molecule has 1 aliphatic rings. The van der Waals surface area contributed by atoms with Crippen molar-refractivity contribution in [1.82, 2.24) is 9.80 Å². The lowest BCUT2D eigenvalue weighted by Gasteiger charge is -2.22. The molecule has 0 radical (unpaired) electrons. The standard InChI is InChI=1S/C8H14N2O3/c1-8(2)6(11)10(5-13-4)7(12)9(8)3/h5H2,1-4H3. The summed E-state index contributed by atoms with van der Waals surface area (Å²) in [4.78, 5) is 25.6. The van der Waals surface area contributed by atoms with Crippen LogP contribution in [0.4, 0.5) is 4.79 Å². The van der Waals surface area contributed by atoms with Gasteiger partial charge in [0.15, 0.2) is 0 Å². The Labute approximate surface area is 77.2 Å². The van der Waals surface area contributed by atoms with Gasteiger partial charge in [0.25, 0.3) is 5.91 Å². The van der Waals surface area contributed by atoms with Gasteiger partial charge in [-0.3, -0.25) is 4.79 Å². The van der Waals surface area contributed by atoms with Crippen LogP contribution in [0.5, 0.6) is 0 Å². The van der Waals surface area contributed by atoms with E-state index in [2.05, 4.69) is 0 Å². The minimum Gasteiger partial charge on any atom is -0.364 e. The van der Waals surface area contributed by atoms with Crippen LogP contribution in [0.3, 0.4) is 0 Å². The molecule has 1 heterocycles. The van der Waals surface area contributed by atoms with Crippen molar-refractivity contribution in [3.63, 3.8) is 0 Å². The summed E-state index contributed by atoms with van der Waals surface area (Å²) in [6.07, 6.45) is 0. The summed E-state index contributed by atoms with van der Waals surface area (Å²) in [5, 5.41) is 0. The van der Waals surface area contributed by atoms with Crippen LogP contribution in [0.25, 0.3) is 0 Å². The molecule has 3 amide bonds. The number of urea groups is 1. The van der Waals surface area contributed by atoms with Crippen molar-refractivity contribution in [2.75, 3.05) is 20.9 Å². The number of carbonyl (C=O) groups is 2. The average molecular weight is 186 g/mol. The van der Waals surface area contributed by atoms with E-state index in [0.29, 0.717) is 0 Å². The number of hydrogen-bond acceptors (Lipinski definition) is 3. The molecule has 74 valence electrons. The summed E-state index contributed by atoms with van der Waals surface area (Å²) in [6.45, 7) is 3.44. The third-order valence-electron chi connectivity index (χ3n) is 2.38. The van der Waals surface area contributed by atoms with E-state index >= 15 is 0 Å². The number of carbonyl (C=O) groups excluding carboxylic acids is 2. The number of hydrogen-bond donors (Lipinski definition) is 0. The largest absolute Gasteiger partial charge is 0.364 e. The normalized spacial score (nSPS) is 21.5. The second-order valence-corrected chi connectivity index (χ2v) is 3.55. The topological polar surface area (TPSA) is 49.9 Å². The van der Waals surface area contributed by atoms with E-state index in [1.165, 1.54) is 12.0 Å². The van der Waals surface area contributed by atoms with Gasteiger partial charge in [-0.05, 0) is 13.8 Å². The number of methoxy groups -OCH3 is 1. The van der Waals surface area contributed by atoms with Gasteiger partial charge in [-0.1, -0.05) is 0 Å². The zero-order valence-corrected chi connectivity index (χ0v) is 8.33. The molecule has 1 aliphatic heterocycles. The van der Waals surface area contributed by atoms with Crippen molar-refractivity contribution in [3.8, 4) is 0 Å². The summed E-state index contributed by atoms with van der Waals surface area (Å²) < 4.78 is 4.77. The molecule has 1 fully saturated rings. The highest BCUT2D eigenvalue weighted by molar-refractivity contribution is 6.06. The number of nitrogens with zero attached hydrogens (tertiary/aromatic N) is 2. The van der Waals surface area contributed by atoms with E-state index in [1.54, 1.807) is 20.9 Å². The summed E-state index contributed by atoms with van der Waals surface area (Å²) >= 11 is 0. The lowest BCUT2D eigenvalue weighted by atomic mass is 10.1. The van der Waals surface area contributed by atoms with Crippen molar-refractivity contribution in [2.24, 2.45) is 0 Å². The lowest BCUT2D eigenvalue weighted by molar-refractivity contribution is -0.134. The third kappa shape index (κ3) is 1.29. The molecule has 0 aromatic carbocycles. The zero-order valence-electron chi connectivity index (χ0n) is 8.33. The number of imide groups is 1. The van der Waals surface area contributed by atoms with Gasteiger partial charge in [0, 0.05) is 14.2 Å². The van der Waals surface area contributed by atoms with E-state index in [0.717, 1.165) is 4.90 Å². The van der Waals surface area contributed by atoms with E-state index in [-0.39, 0.29) is 18.7 Å². The fourth-order valence-electron chi connectivity index (χ4n) is 1.22. The van der Waals surface area contributed by atoms with E-state index in [1.807, 2.05) is 0 Å². The smallest absolute Gasteiger partial charge is 0.329 e. The van der Waals surface area contributed by atoms with Crippen molar-refractivity contribution >= 4 is 11.9 Å². The average Bonchev–Trinajstić information content (AvgIpc) is 2.21. The molecule has 0 aliphatic carbocycles. The molecule has 1 rings (SSSR count). The van der Waals surface area contributed by atoms with Crippen LogP contribution in [0, 0.1) is 0 Å². The highest BCUT2D eigenvalue weighted by Gasteiger charge is 2.49. The van der Waals surface area contributed by atoms with Crippen molar-refractivity contribution in [2.45, 2.75) is 19.4 Å². The molecule has 1 saturated heterocycles. The second kappa shape index (κ2) is 2.99. The van der Waals surface area contributed by atoms with E-state index in [4.69, 9.17) is 4.74 Å². The Morgan fingerprint density at radius 2 is 1.92 bits per heavy atom. The van der Waals surface area contributed by atoms with Gasteiger partial charge in [0.05, 0.1) is 0 Å². The molecule has 0 aromatic rings. The minimum absolute atomic E-state index is 0.0193. The predicted octanol–water partition coefficient (Wildman–Crippen LogP) is 0.263. The van der Waals surface area contributed by atoms with Gasteiger partial charge in [0.2, 0.25) is 0 Å². The van der Waals surface area contributed by atoms with Crippen LogP contribution in [0.15, 0.2) is 0 Å². The van der Waals surface area contributed by atoms with Crippen molar-refractivity contribution in [1.29, 1.82) is 0 Å². The van der Waals surface area contributed by atoms with Crippen LogP contribution in [-0.4, -0.2) is 48.2 Å². The quantitative estimate of drug-likeness (QED) is 0.581. The van der Waals surface area contributed by atoms with Crippen LogP contribution in [0.1, 0.15) is 13.8 Å². The van der Waals surface area contributed by atoms with Crippen LogP contribution >= 0.6 is 0 Å². The maximum atomic E-state index is 11.6. The predicted molar refractivity (Wildman–Crippen MR) is 46.0 cm³/mol. The SMILES string of the molecule is COCN1C(=O)N(C)C(C)(C)C1=O. The molecule has 0 spiro atoms. The summed E-state index contributed by atoms with van der Waals surface area (Å²) in [6, 6.07) is -0.308. The van der Waals surface area contributed by atoms with Gasteiger partial charge in [0.1, 0.15) is 12.3 Å². The van der Waals surface area contributed by atoms with Gasteiger partial charge in [-0.25, -0.2) is 9.69 Å². The monoisotopic (exact) mass is 186 g/mol. The molecule has 0 atom stereocenters. The first-order valence-electron chi connectivity index (χ1n) is 4.01. The van der Waals surface area contributed by atoms with Crippen LogP contribution < -0.4 is 0 Å². The Morgan fingerprint density at radius 1 is 1.38 bits per heavy atom. The lowest BCUT2D eigenvalue weighted by Crippen LogP contribution is -2.41. The first kappa shape index (κ1) is 9.98. The van der Waals surface area contributed by atoms with Gasteiger partial charge < -0.3 is 9.64 Å². The number of likely N-dealkylation sites (N-methyl/N-ethyl adjacent to an activating group) is 1. The van der Waals surface area contributed by atoms with Crippen molar-refractivity contribution in [3.05, 3.63) is 0 Å². The summed E-state index contributed by atoms with van der Waals surface area (Å²) in [5.41, 5.74) is -0.754. The number of ether oxygens (including phenoxy) is 1. The van der Waals surface area contributed by atoms with Crippen LogP contribution in [-0.2, 0) is 9.53 Å². The molecule has 5 heteroatoms. The summed E-state index contributed by atoms with van der Waals surface area (Å²) in [5.74, 6) is -0.221. The van der Waals surface area contributed by atoms with Gasteiger partial charge in [-0.15, -0.1) is 0 Å². The van der Waals surface area contributed by atoms with Crippen LogP contribution in [0.2, 0.25) is 0 Å².